The summed E-state index contributed by atoms with van der Waals surface area (Å²) in [6.07, 6.45) is 4.44. The number of nitrogens with one attached hydrogen (secondary N) is 1. The first-order valence-corrected chi connectivity index (χ1v) is 6.13. The van der Waals surface area contributed by atoms with Gasteiger partial charge in [0.2, 0.25) is 0 Å². The summed E-state index contributed by atoms with van der Waals surface area (Å²) in [5.74, 6) is 0.924. The lowest BCUT2D eigenvalue weighted by Gasteiger charge is -2.09. The average Bonchev–Trinajstić information content (AvgIpc) is 3.19. The number of rotatable bonds is 5. The second-order valence-corrected chi connectivity index (χ2v) is 4.40. The van der Waals surface area contributed by atoms with Gasteiger partial charge in [-0.15, -0.1) is 0 Å². The number of hydrogen-bond acceptors (Lipinski definition) is 3. The number of nitrogens with zero attached hydrogens (tertiary/aromatic N) is 1. The number of aromatic nitrogens is 1. The number of fused-ring (bicyclic) bond motifs is 1. The van der Waals surface area contributed by atoms with E-state index in [0.29, 0.717) is 6.61 Å². The first-order chi connectivity index (χ1) is 8.43. The minimum absolute atomic E-state index is 0.713. The molecule has 1 fully saturated rings. The van der Waals surface area contributed by atoms with E-state index in [1.807, 2.05) is 30.3 Å². The van der Waals surface area contributed by atoms with Crippen molar-refractivity contribution in [3.05, 3.63) is 36.5 Å². The van der Waals surface area contributed by atoms with Crippen LogP contribution in [-0.4, -0.2) is 24.2 Å². The molecule has 1 aliphatic carbocycles. The predicted octanol–water partition coefficient (Wildman–Crippen LogP) is 2.37. The molecule has 0 aliphatic heterocycles. The minimum Gasteiger partial charge on any atom is -0.492 e. The van der Waals surface area contributed by atoms with Crippen LogP contribution in [0.3, 0.4) is 0 Å². The Kier molecular flexibility index (Phi) is 2.92. The zero-order valence-electron chi connectivity index (χ0n) is 9.73. The van der Waals surface area contributed by atoms with Crippen molar-refractivity contribution in [1.29, 1.82) is 0 Å². The van der Waals surface area contributed by atoms with E-state index in [4.69, 9.17) is 4.74 Å². The molecule has 3 rings (SSSR count). The van der Waals surface area contributed by atoms with Crippen LogP contribution < -0.4 is 10.1 Å². The molecule has 1 aliphatic rings. The summed E-state index contributed by atoms with van der Waals surface area (Å²) in [6, 6.07) is 10.7. The first kappa shape index (κ1) is 10.5. The topological polar surface area (TPSA) is 34.1 Å². The summed E-state index contributed by atoms with van der Waals surface area (Å²) in [6.45, 7) is 1.63. The maximum absolute atomic E-state index is 5.79. The molecule has 3 nitrogen and oxygen atoms in total. The van der Waals surface area contributed by atoms with Crippen LogP contribution in [0.15, 0.2) is 36.5 Å². The van der Waals surface area contributed by atoms with E-state index in [2.05, 4.69) is 10.3 Å². The van der Waals surface area contributed by atoms with Crippen molar-refractivity contribution in [3.8, 4) is 5.75 Å². The minimum atomic E-state index is 0.713. The van der Waals surface area contributed by atoms with Gasteiger partial charge in [-0.2, -0.15) is 0 Å². The molecule has 0 radical (unpaired) electrons. The SMILES string of the molecule is c1cc(OCCNC2CC2)c2cccnc2c1. The molecule has 2 aromatic rings. The van der Waals surface area contributed by atoms with Crippen molar-refractivity contribution >= 4 is 10.9 Å². The Morgan fingerprint density at radius 2 is 2.18 bits per heavy atom. The molecule has 1 aromatic heterocycles. The van der Waals surface area contributed by atoms with Gasteiger partial charge >= 0.3 is 0 Å². The molecule has 0 spiro atoms. The zero-order chi connectivity index (χ0) is 11.5. The van der Waals surface area contributed by atoms with Gasteiger partial charge in [-0.25, -0.2) is 0 Å². The molecule has 1 saturated carbocycles. The van der Waals surface area contributed by atoms with Crippen LogP contribution in [0, 0.1) is 0 Å². The highest BCUT2D eigenvalue weighted by atomic mass is 16.5. The van der Waals surface area contributed by atoms with E-state index in [0.717, 1.165) is 29.2 Å². The number of benzene rings is 1. The highest BCUT2D eigenvalue weighted by Crippen LogP contribution is 2.23. The van der Waals surface area contributed by atoms with Gasteiger partial charge in [0, 0.05) is 24.2 Å². The Bertz CT molecular complexity index is 503. The predicted molar refractivity (Wildman–Crippen MR) is 68.3 cm³/mol. The fraction of sp³-hybridized carbons (Fsp3) is 0.357. The zero-order valence-corrected chi connectivity index (χ0v) is 9.73. The van der Waals surface area contributed by atoms with Crippen molar-refractivity contribution in [2.75, 3.05) is 13.2 Å². The molecule has 3 heteroatoms. The molecular weight excluding hydrogens is 212 g/mol. The molecule has 1 aromatic carbocycles. The van der Waals surface area contributed by atoms with E-state index < -0.39 is 0 Å². The monoisotopic (exact) mass is 228 g/mol. The Morgan fingerprint density at radius 1 is 1.24 bits per heavy atom. The maximum Gasteiger partial charge on any atom is 0.128 e. The quantitative estimate of drug-likeness (QED) is 0.798. The maximum atomic E-state index is 5.79. The summed E-state index contributed by atoms with van der Waals surface area (Å²) in [7, 11) is 0. The molecule has 17 heavy (non-hydrogen) atoms. The van der Waals surface area contributed by atoms with Crippen molar-refractivity contribution in [2.45, 2.75) is 18.9 Å². The lowest BCUT2D eigenvalue weighted by molar-refractivity contribution is 0.317. The van der Waals surface area contributed by atoms with E-state index in [9.17, 15) is 0 Å². The fourth-order valence-corrected chi connectivity index (χ4v) is 1.91. The Hall–Kier alpha value is -1.61. The molecule has 0 saturated heterocycles. The van der Waals surface area contributed by atoms with Gasteiger partial charge in [0.05, 0.1) is 5.52 Å². The third kappa shape index (κ3) is 2.56. The van der Waals surface area contributed by atoms with E-state index >= 15 is 0 Å². The summed E-state index contributed by atoms with van der Waals surface area (Å²) in [5, 5.41) is 4.52. The second-order valence-electron chi connectivity index (χ2n) is 4.40. The summed E-state index contributed by atoms with van der Waals surface area (Å²) < 4.78 is 5.79. The number of hydrogen-bond donors (Lipinski definition) is 1. The van der Waals surface area contributed by atoms with Crippen molar-refractivity contribution < 1.29 is 4.74 Å². The summed E-state index contributed by atoms with van der Waals surface area (Å²) >= 11 is 0. The van der Waals surface area contributed by atoms with Crippen LogP contribution >= 0.6 is 0 Å². The Labute approximate surface area is 101 Å². The molecule has 0 amide bonds. The largest absolute Gasteiger partial charge is 0.492 e. The van der Waals surface area contributed by atoms with Crippen molar-refractivity contribution in [2.24, 2.45) is 0 Å². The van der Waals surface area contributed by atoms with Gasteiger partial charge in [-0.05, 0) is 37.1 Å². The molecule has 0 unspecified atom stereocenters. The van der Waals surface area contributed by atoms with Gasteiger partial charge in [0.1, 0.15) is 12.4 Å². The standard InChI is InChI=1S/C14H16N2O/c1-4-13-12(3-2-8-16-13)14(5-1)17-10-9-15-11-6-7-11/h1-5,8,11,15H,6-7,9-10H2. The molecular formula is C14H16N2O. The molecule has 0 bridgehead atoms. The molecule has 1 N–H and O–H groups in total. The molecule has 1 heterocycles. The number of ether oxygens (including phenoxy) is 1. The number of pyridine rings is 1. The van der Waals surface area contributed by atoms with Gasteiger partial charge in [-0.1, -0.05) is 6.07 Å². The van der Waals surface area contributed by atoms with E-state index in [1.165, 1.54) is 12.8 Å². The third-order valence-corrected chi connectivity index (χ3v) is 2.98. The van der Waals surface area contributed by atoms with Gasteiger partial charge in [0.25, 0.3) is 0 Å². The van der Waals surface area contributed by atoms with Gasteiger partial charge in [0.15, 0.2) is 0 Å². The van der Waals surface area contributed by atoms with Crippen molar-refractivity contribution in [1.82, 2.24) is 10.3 Å². The van der Waals surface area contributed by atoms with Gasteiger partial charge < -0.3 is 10.1 Å². The lowest BCUT2D eigenvalue weighted by Crippen LogP contribution is -2.22. The first-order valence-electron chi connectivity index (χ1n) is 6.13. The lowest BCUT2D eigenvalue weighted by atomic mass is 10.2. The smallest absolute Gasteiger partial charge is 0.128 e. The Balaban J connectivity index is 1.66. The normalized spacial score (nSPS) is 15.1. The van der Waals surface area contributed by atoms with E-state index in [-0.39, 0.29) is 0 Å². The summed E-state index contributed by atoms with van der Waals surface area (Å²) in [4.78, 5) is 4.31. The van der Waals surface area contributed by atoms with Crippen LogP contribution in [0.1, 0.15) is 12.8 Å². The highest BCUT2D eigenvalue weighted by molar-refractivity contribution is 5.84. The van der Waals surface area contributed by atoms with Crippen LogP contribution in [0.5, 0.6) is 5.75 Å². The fourth-order valence-electron chi connectivity index (χ4n) is 1.91. The van der Waals surface area contributed by atoms with E-state index in [1.54, 1.807) is 6.20 Å². The van der Waals surface area contributed by atoms with Crippen LogP contribution in [0.25, 0.3) is 10.9 Å². The molecule has 88 valence electrons. The second kappa shape index (κ2) is 4.72. The van der Waals surface area contributed by atoms with Crippen LogP contribution in [0.2, 0.25) is 0 Å². The van der Waals surface area contributed by atoms with Crippen LogP contribution in [-0.2, 0) is 0 Å². The van der Waals surface area contributed by atoms with Crippen molar-refractivity contribution in [3.63, 3.8) is 0 Å². The molecule has 0 atom stereocenters. The summed E-state index contributed by atoms with van der Waals surface area (Å²) in [5.41, 5.74) is 0.986. The van der Waals surface area contributed by atoms with Crippen LogP contribution in [0.4, 0.5) is 0 Å². The van der Waals surface area contributed by atoms with Gasteiger partial charge in [-0.3, -0.25) is 4.98 Å². The Morgan fingerprint density at radius 3 is 3.06 bits per heavy atom. The highest BCUT2D eigenvalue weighted by Gasteiger charge is 2.19. The average molecular weight is 228 g/mol. The third-order valence-electron chi connectivity index (χ3n) is 2.98.